The van der Waals surface area contributed by atoms with Crippen molar-refractivity contribution in [3.05, 3.63) is 51.6 Å². The van der Waals surface area contributed by atoms with Gasteiger partial charge >= 0.3 is 5.69 Å². The average molecular weight is 459 g/mol. The number of methoxy groups -OCH3 is 4. The number of ether oxygens (including phenoxy) is 4. The van der Waals surface area contributed by atoms with E-state index < -0.39 is 16.5 Å². The third-order valence-electron chi connectivity index (χ3n) is 6.12. The van der Waals surface area contributed by atoms with Crippen LogP contribution in [0.25, 0.3) is 0 Å². The second kappa shape index (κ2) is 10.9. The molecule has 3 rings (SSSR count). The lowest BCUT2D eigenvalue weighted by atomic mass is 9.90. The molecule has 0 saturated carbocycles. The van der Waals surface area contributed by atoms with Gasteiger partial charge in [0, 0.05) is 19.2 Å². The maximum atomic E-state index is 13.3. The van der Waals surface area contributed by atoms with Crippen molar-refractivity contribution in [2.45, 2.75) is 25.7 Å². The van der Waals surface area contributed by atoms with E-state index in [0.717, 1.165) is 31.4 Å². The van der Waals surface area contributed by atoms with Gasteiger partial charge in [-0.05, 0) is 49.3 Å². The molecule has 0 radical (unpaired) electrons. The highest BCUT2D eigenvalue weighted by Crippen LogP contribution is 2.46. The Morgan fingerprint density at radius 2 is 1.64 bits per heavy atom. The Morgan fingerprint density at radius 1 is 1.00 bits per heavy atom. The molecule has 9 heteroatoms. The molecule has 0 aliphatic carbocycles. The molecule has 0 N–H and O–H groups in total. The lowest BCUT2D eigenvalue weighted by molar-refractivity contribution is -0.386. The number of nitrogens with zero attached hydrogens (tertiary/aromatic N) is 2. The quantitative estimate of drug-likeness (QED) is 0.412. The zero-order valence-electron chi connectivity index (χ0n) is 19.5. The summed E-state index contributed by atoms with van der Waals surface area (Å²) in [5.41, 5.74) is 0.773. The van der Waals surface area contributed by atoms with Crippen molar-refractivity contribution in [3.63, 3.8) is 0 Å². The molecule has 0 unspecified atom stereocenters. The summed E-state index contributed by atoms with van der Waals surface area (Å²) in [7, 11) is 5.72. The fraction of sp³-hybridized carbons (Fsp3) is 0.458. The maximum absolute atomic E-state index is 13.3. The molecule has 1 saturated heterocycles. The van der Waals surface area contributed by atoms with Crippen LogP contribution in [0.5, 0.6) is 23.0 Å². The van der Waals surface area contributed by atoms with Crippen LogP contribution in [-0.4, -0.2) is 57.3 Å². The van der Waals surface area contributed by atoms with Crippen LogP contribution in [0, 0.1) is 16.0 Å². The van der Waals surface area contributed by atoms with E-state index in [1.165, 1.54) is 33.0 Å². The first kappa shape index (κ1) is 24.2. The third-order valence-corrected chi connectivity index (χ3v) is 6.12. The molecule has 0 atom stereocenters. The highest BCUT2D eigenvalue weighted by molar-refractivity contribution is 6.00. The number of rotatable bonds is 9. The third kappa shape index (κ3) is 5.30. The van der Waals surface area contributed by atoms with Gasteiger partial charge in [-0.15, -0.1) is 0 Å². The van der Waals surface area contributed by atoms with Gasteiger partial charge in [0.25, 0.3) is 5.91 Å². The molecule has 0 spiro atoms. The van der Waals surface area contributed by atoms with E-state index in [9.17, 15) is 14.9 Å². The number of piperidine rings is 1. The van der Waals surface area contributed by atoms with Crippen LogP contribution < -0.4 is 18.9 Å². The lowest BCUT2D eigenvalue weighted by Gasteiger charge is -2.32. The van der Waals surface area contributed by atoms with Crippen LogP contribution >= 0.6 is 0 Å². The monoisotopic (exact) mass is 458 g/mol. The molecule has 0 aromatic heterocycles. The van der Waals surface area contributed by atoms with Crippen molar-refractivity contribution < 1.29 is 28.7 Å². The molecule has 1 aliphatic heterocycles. The highest BCUT2D eigenvalue weighted by Gasteiger charge is 2.35. The van der Waals surface area contributed by atoms with Gasteiger partial charge in [0.15, 0.2) is 5.75 Å². The molecule has 1 fully saturated rings. The van der Waals surface area contributed by atoms with Gasteiger partial charge in [-0.1, -0.05) is 12.1 Å². The van der Waals surface area contributed by atoms with Gasteiger partial charge < -0.3 is 23.8 Å². The second-order valence-electron chi connectivity index (χ2n) is 7.92. The summed E-state index contributed by atoms with van der Waals surface area (Å²) in [5.74, 6) is 1.09. The molecular weight excluding hydrogens is 428 g/mol. The normalized spacial score (nSPS) is 14.0. The topological polar surface area (TPSA) is 100 Å². The summed E-state index contributed by atoms with van der Waals surface area (Å²) in [6.45, 7) is 1.08. The average Bonchev–Trinajstić information content (AvgIpc) is 2.85. The number of nitro groups is 1. The molecular formula is C24H30N2O7. The predicted molar refractivity (Wildman–Crippen MR) is 123 cm³/mol. The van der Waals surface area contributed by atoms with Crippen LogP contribution in [0.4, 0.5) is 5.69 Å². The largest absolute Gasteiger partial charge is 0.497 e. The molecule has 33 heavy (non-hydrogen) atoms. The standard InChI is InChI=1S/C24H30N2O7/c1-30-18-9-7-16(8-10-18)5-6-17-11-13-25(14-12-17)24(27)19-15-20(31-2)22(32-3)23(33-4)21(19)26(28)29/h7-10,15,17H,5-6,11-14H2,1-4H3. The number of hydrogen-bond donors (Lipinski definition) is 0. The highest BCUT2D eigenvalue weighted by atomic mass is 16.6. The van der Waals surface area contributed by atoms with Crippen LogP contribution in [0.1, 0.15) is 35.2 Å². The predicted octanol–water partition coefficient (Wildman–Crippen LogP) is 4.11. The lowest BCUT2D eigenvalue weighted by Crippen LogP contribution is -2.38. The van der Waals surface area contributed by atoms with Crippen LogP contribution in [0.15, 0.2) is 30.3 Å². The van der Waals surface area contributed by atoms with E-state index in [-0.39, 0.29) is 22.8 Å². The molecule has 9 nitrogen and oxygen atoms in total. The zero-order chi connectivity index (χ0) is 24.0. The molecule has 1 heterocycles. The second-order valence-corrected chi connectivity index (χ2v) is 7.92. The van der Waals surface area contributed by atoms with Crippen molar-refractivity contribution in [2.24, 2.45) is 5.92 Å². The molecule has 1 aliphatic rings. The van der Waals surface area contributed by atoms with E-state index in [1.807, 2.05) is 12.1 Å². The fourth-order valence-corrected chi connectivity index (χ4v) is 4.24. The number of carbonyl (C=O) groups excluding carboxylic acids is 1. The van der Waals surface area contributed by atoms with Crippen LogP contribution in [-0.2, 0) is 6.42 Å². The van der Waals surface area contributed by atoms with E-state index in [2.05, 4.69) is 12.1 Å². The number of amides is 1. The minimum absolute atomic E-state index is 0.0637. The summed E-state index contributed by atoms with van der Waals surface area (Å²) in [6.07, 6.45) is 3.68. The number of carbonyl (C=O) groups is 1. The number of nitro benzene ring substituents is 1. The number of likely N-dealkylation sites (tertiary alicyclic amines) is 1. The van der Waals surface area contributed by atoms with Gasteiger partial charge in [-0.2, -0.15) is 0 Å². The Balaban J connectivity index is 1.70. The summed E-state index contributed by atoms with van der Waals surface area (Å²) >= 11 is 0. The molecule has 178 valence electrons. The van der Waals surface area contributed by atoms with Crippen molar-refractivity contribution >= 4 is 11.6 Å². The first-order valence-corrected chi connectivity index (χ1v) is 10.8. The smallest absolute Gasteiger partial charge is 0.327 e. The van der Waals surface area contributed by atoms with E-state index >= 15 is 0 Å². The van der Waals surface area contributed by atoms with Gasteiger partial charge in [-0.25, -0.2) is 0 Å². The first-order chi connectivity index (χ1) is 15.9. The van der Waals surface area contributed by atoms with Gasteiger partial charge in [-0.3, -0.25) is 14.9 Å². The molecule has 1 amide bonds. The van der Waals surface area contributed by atoms with Crippen molar-refractivity contribution in [3.8, 4) is 23.0 Å². The number of aryl methyl sites for hydroxylation is 1. The SMILES string of the molecule is COc1ccc(CCC2CCN(C(=O)c3cc(OC)c(OC)c(OC)c3[N+](=O)[O-])CC2)cc1. The minimum Gasteiger partial charge on any atom is -0.497 e. The van der Waals surface area contributed by atoms with E-state index in [4.69, 9.17) is 18.9 Å². The van der Waals surface area contributed by atoms with Crippen molar-refractivity contribution in [2.75, 3.05) is 41.5 Å². The van der Waals surface area contributed by atoms with Crippen LogP contribution in [0.2, 0.25) is 0 Å². The van der Waals surface area contributed by atoms with Gasteiger partial charge in [0.05, 0.1) is 33.4 Å². The Kier molecular flexibility index (Phi) is 7.97. The van der Waals surface area contributed by atoms with Gasteiger partial charge in [0.2, 0.25) is 11.5 Å². The molecule has 2 aromatic carbocycles. The van der Waals surface area contributed by atoms with E-state index in [0.29, 0.717) is 19.0 Å². The zero-order valence-corrected chi connectivity index (χ0v) is 19.5. The van der Waals surface area contributed by atoms with Crippen molar-refractivity contribution in [1.29, 1.82) is 0 Å². The van der Waals surface area contributed by atoms with Crippen LogP contribution in [0.3, 0.4) is 0 Å². The minimum atomic E-state index is -0.615. The Labute approximate surface area is 193 Å². The molecule has 2 aromatic rings. The first-order valence-electron chi connectivity index (χ1n) is 10.8. The number of hydrogen-bond acceptors (Lipinski definition) is 7. The van der Waals surface area contributed by atoms with E-state index in [1.54, 1.807) is 12.0 Å². The Morgan fingerprint density at radius 3 is 2.15 bits per heavy atom. The Bertz CT molecular complexity index is 983. The number of benzene rings is 2. The fourth-order valence-electron chi connectivity index (χ4n) is 4.24. The summed E-state index contributed by atoms with van der Waals surface area (Å²) in [4.78, 5) is 26.1. The maximum Gasteiger partial charge on any atom is 0.327 e. The molecule has 0 bridgehead atoms. The van der Waals surface area contributed by atoms with Gasteiger partial charge in [0.1, 0.15) is 11.3 Å². The Hall–Kier alpha value is -3.49. The summed E-state index contributed by atoms with van der Waals surface area (Å²) in [6, 6.07) is 9.42. The summed E-state index contributed by atoms with van der Waals surface area (Å²) < 4.78 is 21.0. The summed E-state index contributed by atoms with van der Waals surface area (Å²) in [5, 5.41) is 11.8. The van der Waals surface area contributed by atoms with Crippen molar-refractivity contribution in [1.82, 2.24) is 4.90 Å².